The molecule has 0 unspecified atom stereocenters. The first-order chi connectivity index (χ1) is 15.6. The highest BCUT2D eigenvalue weighted by molar-refractivity contribution is 6.05. The molecule has 0 atom stereocenters. The van der Waals surface area contributed by atoms with Crippen LogP contribution in [0, 0.1) is 6.92 Å². The molecule has 1 fully saturated rings. The lowest BCUT2D eigenvalue weighted by molar-refractivity contribution is -0.143. The van der Waals surface area contributed by atoms with Gasteiger partial charge in [-0.15, -0.1) is 0 Å². The molecule has 1 aromatic rings. The van der Waals surface area contributed by atoms with Gasteiger partial charge in [-0.3, -0.25) is 14.4 Å². The summed E-state index contributed by atoms with van der Waals surface area (Å²) in [6.45, 7) is 11.5. The topological polar surface area (TPSA) is 76.1 Å². The predicted octanol–water partition coefficient (Wildman–Crippen LogP) is 4.64. The van der Waals surface area contributed by atoms with Crippen molar-refractivity contribution in [2.24, 2.45) is 0 Å². The average Bonchev–Trinajstić information content (AvgIpc) is 2.76. The van der Waals surface area contributed by atoms with Gasteiger partial charge in [0, 0.05) is 24.1 Å². The van der Waals surface area contributed by atoms with Crippen LogP contribution < -0.4 is 9.64 Å². The van der Waals surface area contributed by atoms with Crippen LogP contribution in [0.15, 0.2) is 12.1 Å². The average molecular weight is 459 g/mol. The van der Waals surface area contributed by atoms with E-state index in [0.29, 0.717) is 17.0 Å². The Balaban J connectivity index is 1.96. The lowest BCUT2D eigenvalue weighted by Gasteiger charge is -2.40. The zero-order valence-corrected chi connectivity index (χ0v) is 20.9. The number of esters is 1. The summed E-state index contributed by atoms with van der Waals surface area (Å²) in [4.78, 5) is 42.1. The third-order valence-electron chi connectivity index (χ3n) is 6.58. The van der Waals surface area contributed by atoms with Gasteiger partial charge in [-0.05, 0) is 65.2 Å². The van der Waals surface area contributed by atoms with Crippen LogP contribution in [0.2, 0.25) is 0 Å². The predicted molar refractivity (Wildman–Crippen MR) is 128 cm³/mol. The van der Waals surface area contributed by atoms with Gasteiger partial charge in [0.2, 0.25) is 0 Å². The van der Waals surface area contributed by atoms with Crippen LogP contribution in [0.1, 0.15) is 89.1 Å². The van der Waals surface area contributed by atoms with Crippen molar-refractivity contribution >= 4 is 23.5 Å². The van der Waals surface area contributed by atoms with Crippen LogP contribution in [0.4, 0.5) is 5.69 Å². The zero-order chi connectivity index (χ0) is 24.3. The Hall–Kier alpha value is -2.57. The van der Waals surface area contributed by atoms with Gasteiger partial charge in [0.1, 0.15) is 12.4 Å². The number of fused-ring (bicyclic) bond motifs is 1. The van der Waals surface area contributed by atoms with E-state index in [1.165, 1.54) is 6.42 Å². The third-order valence-corrected chi connectivity index (χ3v) is 6.58. The Kier molecular flexibility index (Phi) is 7.70. The number of benzene rings is 1. The van der Waals surface area contributed by atoms with E-state index < -0.39 is 5.60 Å². The Bertz CT molecular complexity index is 902. The summed E-state index contributed by atoms with van der Waals surface area (Å²) in [7, 11) is 0. The normalized spacial score (nSPS) is 18.0. The summed E-state index contributed by atoms with van der Waals surface area (Å²) in [6.07, 6.45) is 5.85. The number of ether oxygens (including phenoxy) is 2. The summed E-state index contributed by atoms with van der Waals surface area (Å²) >= 11 is 0. The fraction of sp³-hybridized carbons (Fsp3) is 0.654. The molecule has 1 aliphatic heterocycles. The minimum Gasteiger partial charge on any atom is -0.476 e. The second-order valence-electron chi connectivity index (χ2n) is 9.88. The van der Waals surface area contributed by atoms with Crippen LogP contribution >= 0.6 is 0 Å². The summed E-state index contributed by atoms with van der Waals surface area (Å²) in [5.74, 6) is 0.0175. The molecule has 1 aliphatic carbocycles. The Labute approximate surface area is 197 Å². The maximum atomic E-state index is 13.8. The molecule has 7 nitrogen and oxygen atoms in total. The highest BCUT2D eigenvalue weighted by Crippen LogP contribution is 2.40. The SMILES string of the molecule is CCC(=O)OCCN1C(=O)C(C)(C)Oc2cc(C)c(C(=O)N(C(C)C)C3CCCCC3)cc21. The van der Waals surface area contributed by atoms with E-state index in [0.717, 1.165) is 31.2 Å². The fourth-order valence-electron chi connectivity index (χ4n) is 4.84. The van der Waals surface area contributed by atoms with Crippen LogP contribution in [-0.4, -0.2) is 53.5 Å². The Morgan fingerprint density at radius 3 is 2.48 bits per heavy atom. The molecular weight excluding hydrogens is 420 g/mol. The molecule has 0 bridgehead atoms. The van der Waals surface area contributed by atoms with Gasteiger partial charge in [-0.1, -0.05) is 26.2 Å². The molecule has 7 heteroatoms. The van der Waals surface area contributed by atoms with E-state index in [-0.39, 0.29) is 49.4 Å². The van der Waals surface area contributed by atoms with Gasteiger partial charge in [-0.2, -0.15) is 0 Å². The van der Waals surface area contributed by atoms with Crippen LogP contribution in [-0.2, 0) is 14.3 Å². The number of hydrogen-bond donors (Lipinski definition) is 0. The van der Waals surface area contributed by atoms with E-state index in [2.05, 4.69) is 13.8 Å². The van der Waals surface area contributed by atoms with Crippen molar-refractivity contribution in [3.8, 4) is 5.75 Å². The first-order valence-corrected chi connectivity index (χ1v) is 12.2. The number of nitrogens with zero attached hydrogens (tertiary/aromatic N) is 2. The molecule has 0 spiro atoms. The van der Waals surface area contributed by atoms with E-state index >= 15 is 0 Å². The monoisotopic (exact) mass is 458 g/mol. The maximum absolute atomic E-state index is 13.8. The molecule has 2 amide bonds. The summed E-state index contributed by atoms with van der Waals surface area (Å²) in [5.41, 5.74) is 0.904. The van der Waals surface area contributed by atoms with Crippen molar-refractivity contribution in [1.82, 2.24) is 4.90 Å². The molecule has 0 aromatic heterocycles. The largest absolute Gasteiger partial charge is 0.476 e. The van der Waals surface area contributed by atoms with Gasteiger partial charge >= 0.3 is 5.97 Å². The van der Waals surface area contributed by atoms with Crippen molar-refractivity contribution in [1.29, 1.82) is 0 Å². The molecule has 182 valence electrons. The highest BCUT2D eigenvalue weighted by Gasteiger charge is 2.42. The van der Waals surface area contributed by atoms with Gasteiger partial charge in [0.25, 0.3) is 11.8 Å². The standard InChI is InChI=1S/C26H38N2O5/c1-7-23(29)32-14-13-27-21-16-20(18(4)15-22(21)33-26(5,6)25(27)31)24(30)28(17(2)3)19-11-9-8-10-12-19/h15-17,19H,7-14H2,1-6H3. The zero-order valence-electron chi connectivity index (χ0n) is 20.9. The quantitative estimate of drug-likeness (QED) is 0.557. The number of amides is 2. The van der Waals surface area contributed by atoms with Crippen LogP contribution in [0.5, 0.6) is 5.75 Å². The Morgan fingerprint density at radius 1 is 1.21 bits per heavy atom. The molecule has 0 radical (unpaired) electrons. The molecular formula is C26H38N2O5. The molecule has 0 saturated heterocycles. The first kappa shape index (κ1) is 25.1. The minimum absolute atomic E-state index is 0.00755. The van der Waals surface area contributed by atoms with Crippen LogP contribution in [0.25, 0.3) is 0 Å². The smallest absolute Gasteiger partial charge is 0.305 e. The van der Waals surface area contributed by atoms with E-state index in [4.69, 9.17) is 9.47 Å². The number of aryl methyl sites for hydroxylation is 1. The number of hydrogen-bond acceptors (Lipinski definition) is 5. The lowest BCUT2D eigenvalue weighted by atomic mass is 9.92. The molecule has 33 heavy (non-hydrogen) atoms. The molecule has 1 aromatic carbocycles. The number of carbonyl (C=O) groups excluding carboxylic acids is 3. The van der Waals surface area contributed by atoms with Crippen LogP contribution in [0.3, 0.4) is 0 Å². The van der Waals surface area contributed by atoms with Crippen molar-refractivity contribution in [2.45, 2.75) is 97.8 Å². The van der Waals surface area contributed by atoms with Gasteiger partial charge < -0.3 is 19.3 Å². The second kappa shape index (κ2) is 10.1. The molecule has 1 saturated carbocycles. The fourth-order valence-corrected chi connectivity index (χ4v) is 4.84. The van der Waals surface area contributed by atoms with Gasteiger partial charge in [0.15, 0.2) is 5.60 Å². The van der Waals surface area contributed by atoms with Crippen molar-refractivity contribution in [2.75, 3.05) is 18.1 Å². The summed E-state index contributed by atoms with van der Waals surface area (Å²) in [6, 6.07) is 3.95. The molecule has 0 N–H and O–H groups in total. The number of anilines is 1. The highest BCUT2D eigenvalue weighted by atomic mass is 16.5. The van der Waals surface area contributed by atoms with E-state index in [1.807, 2.05) is 17.9 Å². The van der Waals surface area contributed by atoms with Crippen molar-refractivity contribution in [3.05, 3.63) is 23.3 Å². The van der Waals surface area contributed by atoms with Crippen molar-refractivity contribution in [3.63, 3.8) is 0 Å². The summed E-state index contributed by atoms with van der Waals surface area (Å²) in [5, 5.41) is 0. The van der Waals surface area contributed by atoms with Crippen molar-refractivity contribution < 1.29 is 23.9 Å². The maximum Gasteiger partial charge on any atom is 0.305 e. The number of rotatable bonds is 7. The van der Waals surface area contributed by atoms with Gasteiger partial charge in [0.05, 0.1) is 12.2 Å². The molecule has 2 aliphatic rings. The second-order valence-corrected chi connectivity index (χ2v) is 9.88. The van der Waals surface area contributed by atoms with Gasteiger partial charge in [-0.25, -0.2) is 0 Å². The number of carbonyl (C=O) groups is 3. The molecule has 1 heterocycles. The lowest BCUT2D eigenvalue weighted by Crippen LogP contribution is -2.53. The molecule has 3 rings (SSSR count). The minimum atomic E-state index is -1.05. The third kappa shape index (κ3) is 5.33. The Morgan fingerprint density at radius 2 is 1.88 bits per heavy atom. The first-order valence-electron chi connectivity index (χ1n) is 12.2. The summed E-state index contributed by atoms with van der Waals surface area (Å²) < 4.78 is 11.3. The van der Waals surface area contributed by atoms with E-state index in [1.54, 1.807) is 31.7 Å². The van der Waals surface area contributed by atoms with E-state index in [9.17, 15) is 14.4 Å².